The Kier molecular flexibility index (Phi) is 7.68. The molecule has 6 N–H and O–H groups in total. The van der Waals surface area contributed by atoms with E-state index in [2.05, 4.69) is 32.3 Å². The first-order valence-electron chi connectivity index (χ1n) is 13.0. The quantitative estimate of drug-likeness (QED) is 0.269. The smallest absolute Gasteiger partial charge is 0.250 e. The molecule has 0 aromatic heterocycles. The summed E-state index contributed by atoms with van der Waals surface area (Å²) in [6.45, 7) is 2.42. The van der Waals surface area contributed by atoms with Crippen molar-refractivity contribution in [1.29, 1.82) is 0 Å². The Morgan fingerprint density at radius 1 is 1.08 bits per heavy atom. The molecule has 3 aliphatic heterocycles. The standard InChI is InChI=1S/C27H33N7O4/c1-16(35)30-22(12-17-6-3-2-4-7-17)25(36)31-21-11-10-18-8-5-9-19-13-23(34(24(18)19)27(21)38)26(37)28-14-20-15-29-33-32-20/h2-9,20-23,29,32-33H,10-15H2,1H3,(H,28,37)(H,30,35)(H,31,36)/t20?,21-,22-,23-/m0/s1. The van der Waals surface area contributed by atoms with Gasteiger partial charge in [-0.15, -0.1) is 0 Å². The number of nitrogens with one attached hydrogen (secondary N) is 6. The summed E-state index contributed by atoms with van der Waals surface area (Å²) in [5, 5.41) is 8.57. The van der Waals surface area contributed by atoms with Gasteiger partial charge in [0.25, 0.3) is 0 Å². The Labute approximate surface area is 221 Å². The lowest BCUT2D eigenvalue weighted by Gasteiger charge is -2.29. The van der Waals surface area contributed by atoms with Gasteiger partial charge < -0.3 is 16.0 Å². The minimum absolute atomic E-state index is 0.0282. The highest BCUT2D eigenvalue weighted by molar-refractivity contribution is 6.08. The van der Waals surface area contributed by atoms with Crippen molar-refractivity contribution in [2.75, 3.05) is 18.0 Å². The van der Waals surface area contributed by atoms with Gasteiger partial charge in [0.15, 0.2) is 0 Å². The van der Waals surface area contributed by atoms with Gasteiger partial charge in [-0.1, -0.05) is 48.5 Å². The molecule has 1 saturated heterocycles. The highest BCUT2D eigenvalue weighted by atomic mass is 16.2. The van der Waals surface area contributed by atoms with Crippen LogP contribution in [0.2, 0.25) is 0 Å². The lowest BCUT2D eigenvalue weighted by molar-refractivity contribution is -0.131. The third kappa shape index (κ3) is 5.54. The predicted molar refractivity (Wildman–Crippen MR) is 140 cm³/mol. The molecule has 38 heavy (non-hydrogen) atoms. The molecular formula is C27H33N7O4. The van der Waals surface area contributed by atoms with E-state index in [-0.39, 0.29) is 23.8 Å². The summed E-state index contributed by atoms with van der Waals surface area (Å²) in [6.07, 6.45) is 1.69. The van der Waals surface area contributed by atoms with Gasteiger partial charge in [-0.2, -0.15) is 5.53 Å². The van der Waals surface area contributed by atoms with Crippen molar-refractivity contribution >= 4 is 29.3 Å². The number of hydrogen-bond acceptors (Lipinski definition) is 7. The fraction of sp³-hybridized carbons (Fsp3) is 0.407. The van der Waals surface area contributed by atoms with E-state index in [9.17, 15) is 19.2 Å². The number of carbonyl (C=O) groups is 4. The van der Waals surface area contributed by atoms with Crippen LogP contribution in [0, 0.1) is 0 Å². The Morgan fingerprint density at radius 3 is 2.61 bits per heavy atom. The first-order chi connectivity index (χ1) is 18.4. The summed E-state index contributed by atoms with van der Waals surface area (Å²) < 4.78 is 0. The number of hydrogen-bond donors (Lipinski definition) is 6. The van der Waals surface area contributed by atoms with E-state index < -0.39 is 24.0 Å². The number of nitrogens with zero attached hydrogens (tertiary/aromatic N) is 1. The van der Waals surface area contributed by atoms with Crippen molar-refractivity contribution in [3.8, 4) is 0 Å². The molecular weight excluding hydrogens is 486 g/mol. The number of rotatable bonds is 8. The summed E-state index contributed by atoms with van der Waals surface area (Å²) >= 11 is 0. The van der Waals surface area contributed by atoms with Crippen molar-refractivity contribution in [2.24, 2.45) is 0 Å². The van der Waals surface area contributed by atoms with Crippen molar-refractivity contribution in [2.45, 2.75) is 56.8 Å². The second-order valence-electron chi connectivity index (χ2n) is 9.99. The fourth-order valence-corrected chi connectivity index (χ4v) is 5.39. The second-order valence-corrected chi connectivity index (χ2v) is 9.99. The molecule has 3 aliphatic rings. The van der Waals surface area contributed by atoms with E-state index in [4.69, 9.17) is 0 Å². The highest BCUT2D eigenvalue weighted by Gasteiger charge is 2.44. The predicted octanol–water partition coefficient (Wildman–Crippen LogP) is -0.780. The molecule has 0 saturated carbocycles. The average molecular weight is 520 g/mol. The van der Waals surface area contributed by atoms with Gasteiger partial charge in [0.2, 0.25) is 23.6 Å². The summed E-state index contributed by atoms with van der Waals surface area (Å²) in [5.74, 6) is -1.31. The monoisotopic (exact) mass is 519 g/mol. The van der Waals surface area contributed by atoms with E-state index in [1.54, 1.807) is 4.90 Å². The van der Waals surface area contributed by atoms with Crippen LogP contribution in [-0.4, -0.2) is 60.9 Å². The normalized spacial score (nSPS) is 22.8. The van der Waals surface area contributed by atoms with Crippen molar-refractivity contribution in [3.63, 3.8) is 0 Å². The van der Waals surface area contributed by atoms with Gasteiger partial charge >= 0.3 is 0 Å². The van der Waals surface area contributed by atoms with Gasteiger partial charge in [-0.3, -0.25) is 24.1 Å². The lowest BCUT2D eigenvalue weighted by Crippen LogP contribution is -2.57. The van der Waals surface area contributed by atoms with Crippen LogP contribution in [0.3, 0.4) is 0 Å². The Balaban J connectivity index is 1.34. The number of carbonyl (C=O) groups excluding carboxylic acids is 4. The Morgan fingerprint density at radius 2 is 1.87 bits per heavy atom. The zero-order valence-corrected chi connectivity index (χ0v) is 21.3. The van der Waals surface area contributed by atoms with Gasteiger partial charge in [0, 0.05) is 32.9 Å². The van der Waals surface area contributed by atoms with Crippen LogP contribution in [0.15, 0.2) is 48.5 Å². The van der Waals surface area contributed by atoms with Crippen LogP contribution in [0.25, 0.3) is 0 Å². The molecule has 2 aromatic rings. The molecule has 3 heterocycles. The Hall–Kier alpha value is -3.80. The zero-order valence-electron chi connectivity index (χ0n) is 21.3. The van der Waals surface area contributed by atoms with E-state index >= 15 is 0 Å². The first kappa shape index (κ1) is 25.8. The third-order valence-corrected chi connectivity index (χ3v) is 7.24. The number of hydrazine groups is 2. The minimum Gasteiger partial charge on any atom is -0.353 e. The highest BCUT2D eigenvalue weighted by Crippen LogP contribution is 2.39. The third-order valence-electron chi connectivity index (χ3n) is 7.24. The van der Waals surface area contributed by atoms with E-state index in [0.29, 0.717) is 38.8 Å². The maximum absolute atomic E-state index is 13.9. The topological polar surface area (TPSA) is 144 Å². The summed E-state index contributed by atoms with van der Waals surface area (Å²) in [5.41, 5.74) is 12.4. The van der Waals surface area contributed by atoms with Gasteiger partial charge in [0.1, 0.15) is 18.1 Å². The van der Waals surface area contributed by atoms with Crippen LogP contribution in [0.1, 0.15) is 30.0 Å². The van der Waals surface area contributed by atoms with Gasteiger partial charge in [-0.05, 0) is 29.5 Å². The molecule has 4 amide bonds. The fourth-order valence-electron chi connectivity index (χ4n) is 5.39. The first-order valence-corrected chi connectivity index (χ1v) is 13.0. The molecule has 5 rings (SSSR count). The van der Waals surface area contributed by atoms with Crippen LogP contribution in [0.4, 0.5) is 5.69 Å². The van der Waals surface area contributed by atoms with Crippen molar-refractivity contribution in [3.05, 3.63) is 65.2 Å². The molecule has 1 unspecified atom stereocenters. The Bertz CT molecular complexity index is 1220. The minimum atomic E-state index is -0.831. The molecule has 4 atom stereocenters. The van der Waals surface area contributed by atoms with Gasteiger partial charge in [0.05, 0.1) is 11.7 Å². The molecule has 0 spiro atoms. The molecule has 11 heteroatoms. The second kappa shape index (κ2) is 11.3. The summed E-state index contributed by atoms with van der Waals surface area (Å²) in [6, 6.07) is 12.9. The number of aryl methyl sites for hydroxylation is 1. The van der Waals surface area contributed by atoms with Crippen molar-refractivity contribution < 1.29 is 19.2 Å². The average Bonchev–Trinajstić information content (AvgIpc) is 3.54. The van der Waals surface area contributed by atoms with Gasteiger partial charge in [-0.25, -0.2) is 10.9 Å². The SMILES string of the molecule is CC(=O)N[C@@H](Cc1ccccc1)C(=O)N[C@H]1CCc2cccc3c2N(C1=O)[C@H](C(=O)NCC1CNNN1)C3. The zero-order chi connectivity index (χ0) is 26.6. The molecule has 2 aromatic carbocycles. The molecule has 0 aliphatic carbocycles. The maximum atomic E-state index is 13.9. The molecule has 200 valence electrons. The molecule has 0 bridgehead atoms. The van der Waals surface area contributed by atoms with Crippen LogP contribution in [-0.2, 0) is 38.4 Å². The summed E-state index contributed by atoms with van der Waals surface area (Å²) in [4.78, 5) is 54.0. The number of para-hydroxylation sites is 1. The van der Waals surface area contributed by atoms with E-state index in [0.717, 1.165) is 22.4 Å². The van der Waals surface area contributed by atoms with Crippen LogP contribution in [0.5, 0.6) is 0 Å². The molecule has 0 radical (unpaired) electrons. The number of amides is 4. The number of benzene rings is 2. The lowest BCUT2D eigenvalue weighted by atomic mass is 10.0. The van der Waals surface area contributed by atoms with E-state index in [1.165, 1.54) is 6.92 Å². The van der Waals surface area contributed by atoms with Crippen LogP contribution >= 0.6 is 0 Å². The summed E-state index contributed by atoms with van der Waals surface area (Å²) in [7, 11) is 0. The van der Waals surface area contributed by atoms with Crippen molar-refractivity contribution in [1.82, 2.24) is 32.3 Å². The van der Waals surface area contributed by atoms with Crippen LogP contribution < -0.4 is 37.2 Å². The largest absolute Gasteiger partial charge is 0.353 e. The maximum Gasteiger partial charge on any atom is 0.250 e. The van der Waals surface area contributed by atoms with E-state index in [1.807, 2.05) is 48.5 Å². The number of anilines is 1. The molecule has 11 nitrogen and oxygen atoms in total. The molecule has 1 fully saturated rings.